The van der Waals surface area contributed by atoms with E-state index in [1.807, 2.05) is 0 Å². The molecule has 0 radical (unpaired) electrons. The summed E-state index contributed by atoms with van der Waals surface area (Å²) in [7, 11) is -3.58. The largest absolute Gasteiger partial charge is 0.493 e. The van der Waals surface area contributed by atoms with Crippen LogP contribution in [0.4, 0.5) is 4.39 Å². The van der Waals surface area contributed by atoms with Gasteiger partial charge in [-0.3, -0.25) is 4.79 Å². The summed E-state index contributed by atoms with van der Waals surface area (Å²) in [5.74, 6) is -0.154. The number of thiophene rings is 1. The van der Waals surface area contributed by atoms with Gasteiger partial charge in [-0.15, -0.1) is 11.3 Å². The van der Waals surface area contributed by atoms with E-state index >= 15 is 0 Å². The fourth-order valence-corrected chi connectivity index (χ4v) is 5.77. The standard InChI is InChI=1S/C17H18ClFN2O4S2/c18-15-4-5-17(26-15)27(23,24)21-9-7-20(8-10-21)16(22)6-11-25-14-3-1-2-13(19)12-14/h1-5,12H,6-11H2. The number of rotatable bonds is 6. The Hall–Kier alpha value is -1.68. The molecule has 3 rings (SSSR count). The van der Waals surface area contributed by atoms with Crippen molar-refractivity contribution in [3.05, 3.63) is 46.6 Å². The van der Waals surface area contributed by atoms with Gasteiger partial charge in [-0.2, -0.15) is 4.31 Å². The molecule has 0 N–H and O–H groups in total. The van der Waals surface area contributed by atoms with Crippen LogP contribution in [0.1, 0.15) is 6.42 Å². The molecule has 1 aromatic carbocycles. The lowest BCUT2D eigenvalue weighted by molar-refractivity contribution is -0.132. The van der Waals surface area contributed by atoms with E-state index < -0.39 is 15.8 Å². The normalized spacial score (nSPS) is 15.7. The van der Waals surface area contributed by atoms with Crippen LogP contribution in [0.15, 0.2) is 40.6 Å². The number of benzene rings is 1. The van der Waals surface area contributed by atoms with Crippen molar-refractivity contribution in [2.24, 2.45) is 0 Å². The van der Waals surface area contributed by atoms with Gasteiger partial charge in [-0.05, 0) is 24.3 Å². The predicted molar refractivity (Wildman–Crippen MR) is 101 cm³/mol. The van der Waals surface area contributed by atoms with Crippen molar-refractivity contribution in [2.45, 2.75) is 10.6 Å². The third kappa shape index (κ3) is 4.98. The highest BCUT2D eigenvalue weighted by molar-refractivity contribution is 7.91. The van der Waals surface area contributed by atoms with Crippen LogP contribution in [-0.2, 0) is 14.8 Å². The second-order valence-corrected chi connectivity index (χ2v) is 9.78. The van der Waals surface area contributed by atoms with E-state index in [1.165, 1.54) is 28.6 Å². The molecule has 1 aliphatic heterocycles. The Labute approximate surface area is 166 Å². The third-order valence-corrected chi connectivity index (χ3v) is 7.71. The van der Waals surface area contributed by atoms with Crippen LogP contribution in [0.25, 0.3) is 0 Å². The zero-order valence-corrected chi connectivity index (χ0v) is 16.7. The molecule has 27 heavy (non-hydrogen) atoms. The second kappa shape index (κ2) is 8.55. The van der Waals surface area contributed by atoms with Crippen LogP contribution in [-0.4, -0.2) is 56.3 Å². The smallest absolute Gasteiger partial charge is 0.252 e. The molecule has 10 heteroatoms. The molecular formula is C17H18ClFN2O4S2. The van der Waals surface area contributed by atoms with Crippen LogP contribution in [0.2, 0.25) is 4.34 Å². The number of nitrogens with zero attached hydrogens (tertiary/aromatic N) is 2. The highest BCUT2D eigenvalue weighted by Crippen LogP contribution is 2.28. The van der Waals surface area contributed by atoms with Crippen LogP contribution < -0.4 is 4.74 Å². The Morgan fingerprint density at radius 1 is 1.19 bits per heavy atom. The van der Waals surface area contributed by atoms with Gasteiger partial charge in [0, 0.05) is 32.2 Å². The van der Waals surface area contributed by atoms with Crippen LogP contribution in [0.3, 0.4) is 0 Å². The average Bonchev–Trinajstić information content (AvgIpc) is 3.09. The third-order valence-electron chi connectivity index (χ3n) is 4.11. The van der Waals surface area contributed by atoms with Crippen molar-refractivity contribution < 1.29 is 22.3 Å². The Kier molecular flexibility index (Phi) is 6.36. The van der Waals surface area contributed by atoms with Crippen LogP contribution in [0.5, 0.6) is 5.75 Å². The fourth-order valence-electron chi connectivity index (χ4n) is 2.71. The molecule has 0 spiro atoms. The van der Waals surface area contributed by atoms with Crippen molar-refractivity contribution in [1.82, 2.24) is 9.21 Å². The Morgan fingerprint density at radius 2 is 1.93 bits per heavy atom. The van der Waals surface area contributed by atoms with Gasteiger partial charge in [0.25, 0.3) is 10.0 Å². The molecule has 1 amide bonds. The Morgan fingerprint density at radius 3 is 2.56 bits per heavy atom. The molecule has 0 aliphatic carbocycles. The quantitative estimate of drug-likeness (QED) is 0.704. The van der Waals surface area contributed by atoms with Crippen molar-refractivity contribution >= 4 is 38.9 Å². The first-order valence-corrected chi connectivity index (χ1v) is 10.9. The van der Waals surface area contributed by atoms with Gasteiger partial charge in [0.05, 0.1) is 17.4 Å². The summed E-state index contributed by atoms with van der Waals surface area (Å²) in [5.41, 5.74) is 0. The highest BCUT2D eigenvalue weighted by atomic mass is 35.5. The maximum Gasteiger partial charge on any atom is 0.252 e. The summed E-state index contributed by atoms with van der Waals surface area (Å²) in [5, 5.41) is 0. The van der Waals surface area contributed by atoms with E-state index in [-0.39, 0.29) is 36.2 Å². The van der Waals surface area contributed by atoms with Crippen molar-refractivity contribution in [2.75, 3.05) is 32.8 Å². The maximum atomic E-state index is 13.1. The lowest BCUT2D eigenvalue weighted by Gasteiger charge is -2.33. The summed E-state index contributed by atoms with van der Waals surface area (Å²) >= 11 is 6.84. The van der Waals surface area contributed by atoms with Gasteiger partial charge in [-0.1, -0.05) is 17.7 Å². The number of sulfonamides is 1. The molecule has 0 unspecified atom stereocenters. The lowest BCUT2D eigenvalue weighted by atomic mass is 10.3. The summed E-state index contributed by atoms with van der Waals surface area (Å²) in [4.78, 5) is 13.9. The first-order valence-electron chi connectivity index (χ1n) is 8.28. The van der Waals surface area contributed by atoms with Crippen molar-refractivity contribution in [3.8, 4) is 5.75 Å². The minimum Gasteiger partial charge on any atom is -0.493 e. The number of piperazine rings is 1. The van der Waals surface area contributed by atoms with E-state index in [0.717, 1.165) is 11.3 Å². The molecule has 0 saturated carbocycles. The zero-order valence-electron chi connectivity index (χ0n) is 14.3. The number of ether oxygens (including phenoxy) is 1. The van der Waals surface area contributed by atoms with Crippen molar-refractivity contribution in [3.63, 3.8) is 0 Å². The maximum absolute atomic E-state index is 13.1. The van der Waals surface area contributed by atoms with Gasteiger partial charge >= 0.3 is 0 Å². The van der Waals surface area contributed by atoms with Gasteiger partial charge < -0.3 is 9.64 Å². The number of carbonyl (C=O) groups is 1. The molecular weight excluding hydrogens is 415 g/mol. The SMILES string of the molecule is O=C(CCOc1cccc(F)c1)N1CCN(S(=O)(=O)c2ccc(Cl)s2)CC1. The molecule has 1 aliphatic rings. The first kappa shape index (κ1) is 20.1. The van der Waals surface area contributed by atoms with Crippen molar-refractivity contribution in [1.29, 1.82) is 0 Å². The number of hydrogen-bond donors (Lipinski definition) is 0. The predicted octanol–water partition coefficient (Wildman–Crippen LogP) is 2.84. The lowest BCUT2D eigenvalue weighted by Crippen LogP contribution is -2.50. The second-order valence-electron chi connectivity index (χ2n) is 5.90. The topological polar surface area (TPSA) is 66.9 Å². The minimum absolute atomic E-state index is 0.123. The number of halogens is 2. The van der Waals surface area contributed by atoms with Crippen LogP contribution >= 0.6 is 22.9 Å². The summed E-state index contributed by atoms with van der Waals surface area (Å²) in [6.45, 7) is 1.23. The molecule has 0 bridgehead atoms. The Bertz CT molecular complexity index is 911. The van der Waals surface area contributed by atoms with Gasteiger partial charge in [0.2, 0.25) is 5.91 Å². The summed E-state index contributed by atoms with van der Waals surface area (Å²) in [6, 6.07) is 8.77. The molecule has 0 atom stereocenters. The first-order chi connectivity index (χ1) is 12.9. The monoisotopic (exact) mass is 432 g/mol. The molecule has 1 aromatic heterocycles. The van der Waals surface area contributed by atoms with Gasteiger partial charge in [-0.25, -0.2) is 12.8 Å². The number of carbonyl (C=O) groups excluding carboxylic acids is 1. The van der Waals surface area contributed by atoms with E-state index in [0.29, 0.717) is 23.2 Å². The molecule has 2 aromatic rings. The Balaban J connectivity index is 1.48. The summed E-state index contributed by atoms with van der Waals surface area (Å²) < 4.78 is 45.6. The molecule has 2 heterocycles. The number of amides is 1. The fraction of sp³-hybridized carbons (Fsp3) is 0.353. The van der Waals surface area contributed by atoms with E-state index in [1.54, 1.807) is 17.0 Å². The zero-order chi connectivity index (χ0) is 19.4. The average molecular weight is 433 g/mol. The van der Waals surface area contributed by atoms with E-state index in [9.17, 15) is 17.6 Å². The minimum atomic E-state index is -3.58. The van der Waals surface area contributed by atoms with E-state index in [4.69, 9.17) is 16.3 Å². The molecule has 1 fully saturated rings. The molecule has 146 valence electrons. The van der Waals surface area contributed by atoms with Gasteiger partial charge in [0.1, 0.15) is 15.8 Å². The number of hydrogen-bond acceptors (Lipinski definition) is 5. The highest BCUT2D eigenvalue weighted by Gasteiger charge is 2.31. The summed E-state index contributed by atoms with van der Waals surface area (Å²) in [6.07, 6.45) is 0.143. The molecule has 1 saturated heterocycles. The van der Waals surface area contributed by atoms with Crippen LogP contribution in [0, 0.1) is 5.82 Å². The van der Waals surface area contributed by atoms with Gasteiger partial charge in [0.15, 0.2) is 0 Å². The van der Waals surface area contributed by atoms with E-state index in [2.05, 4.69) is 0 Å². The molecule has 6 nitrogen and oxygen atoms in total.